The third-order valence-corrected chi connectivity index (χ3v) is 2.95. The minimum Gasteiger partial charge on any atom is -0.323 e. The van der Waals surface area contributed by atoms with Crippen LogP contribution in [0.15, 0.2) is 48.8 Å². The van der Waals surface area contributed by atoms with Crippen molar-refractivity contribution in [2.45, 2.75) is 6.42 Å². The van der Waals surface area contributed by atoms with Gasteiger partial charge in [0.05, 0.1) is 17.8 Å². The first kappa shape index (κ1) is 13.2. The molecule has 21 heavy (non-hydrogen) atoms. The molecule has 0 saturated heterocycles. The maximum Gasteiger partial charge on any atom is 0.230 e. The lowest BCUT2D eigenvalue weighted by molar-refractivity contribution is -0.115. The van der Waals surface area contributed by atoms with Crippen molar-refractivity contribution >= 4 is 17.2 Å². The summed E-state index contributed by atoms with van der Waals surface area (Å²) >= 11 is 0. The van der Waals surface area contributed by atoms with Gasteiger partial charge in [-0.25, -0.2) is 13.8 Å². The highest BCUT2D eigenvalue weighted by Gasteiger charge is 2.10. The summed E-state index contributed by atoms with van der Waals surface area (Å²) in [5.74, 6) is -1.27. The highest BCUT2D eigenvalue weighted by molar-refractivity contribution is 5.92. The van der Waals surface area contributed by atoms with Crippen LogP contribution in [0, 0.1) is 11.6 Å². The molecule has 3 rings (SSSR count). The van der Waals surface area contributed by atoms with Crippen LogP contribution in [0.1, 0.15) is 5.69 Å². The number of anilines is 1. The van der Waals surface area contributed by atoms with E-state index in [0.717, 1.165) is 0 Å². The number of halogens is 2. The van der Waals surface area contributed by atoms with Crippen molar-refractivity contribution in [3.05, 3.63) is 66.1 Å². The molecule has 0 saturated carbocycles. The molecule has 0 unspecified atom stereocenters. The molecule has 1 N–H and O–H groups in total. The Morgan fingerprint density at radius 3 is 2.76 bits per heavy atom. The number of imidazole rings is 1. The second-order valence-corrected chi connectivity index (χ2v) is 4.55. The first-order chi connectivity index (χ1) is 10.1. The summed E-state index contributed by atoms with van der Waals surface area (Å²) in [6, 6.07) is 8.74. The molecule has 6 heteroatoms. The van der Waals surface area contributed by atoms with Gasteiger partial charge in [0, 0.05) is 12.4 Å². The van der Waals surface area contributed by atoms with Crippen molar-refractivity contribution in [3.63, 3.8) is 0 Å². The fraction of sp³-hybridized carbons (Fsp3) is 0.0667. The molecular formula is C15H11F2N3O. The number of amides is 1. The zero-order valence-electron chi connectivity index (χ0n) is 10.9. The number of pyridine rings is 1. The molecule has 0 bridgehead atoms. The van der Waals surface area contributed by atoms with Crippen LogP contribution < -0.4 is 5.32 Å². The van der Waals surface area contributed by atoms with E-state index >= 15 is 0 Å². The minimum absolute atomic E-state index is 0.0162. The average Bonchev–Trinajstić information content (AvgIpc) is 2.82. The van der Waals surface area contributed by atoms with E-state index in [-0.39, 0.29) is 23.8 Å². The molecule has 0 aliphatic carbocycles. The van der Waals surface area contributed by atoms with E-state index in [1.165, 1.54) is 34.9 Å². The Morgan fingerprint density at radius 1 is 1.14 bits per heavy atom. The monoisotopic (exact) mass is 287 g/mol. The van der Waals surface area contributed by atoms with Crippen molar-refractivity contribution in [3.8, 4) is 0 Å². The Kier molecular flexibility index (Phi) is 3.35. The third kappa shape index (κ3) is 2.89. The summed E-state index contributed by atoms with van der Waals surface area (Å²) in [6.45, 7) is 0. The molecule has 106 valence electrons. The second-order valence-electron chi connectivity index (χ2n) is 4.55. The summed E-state index contributed by atoms with van der Waals surface area (Å²) in [5, 5.41) is 2.48. The van der Waals surface area contributed by atoms with Gasteiger partial charge in [-0.05, 0) is 24.3 Å². The van der Waals surface area contributed by atoms with Crippen molar-refractivity contribution in [2.24, 2.45) is 0 Å². The number of nitrogens with one attached hydrogen (secondary N) is 1. The van der Waals surface area contributed by atoms with Crippen LogP contribution in [-0.2, 0) is 11.2 Å². The molecule has 0 spiro atoms. The normalized spacial score (nSPS) is 10.8. The lowest BCUT2D eigenvalue weighted by atomic mass is 10.2. The number of aromatic nitrogens is 2. The summed E-state index contributed by atoms with van der Waals surface area (Å²) in [6.07, 6.45) is 2.83. The Morgan fingerprint density at radius 2 is 1.95 bits per heavy atom. The number of hydrogen-bond acceptors (Lipinski definition) is 2. The molecule has 0 aliphatic rings. The van der Waals surface area contributed by atoms with Gasteiger partial charge in [-0.3, -0.25) is 4.79 Å². The van der Waals surface area contributed by atoms with Crippen LogP contribution in [0.5, 0.6) is 0 Å². The average molecular weight is 287 g/mol. The van der Waals surface area contributed by atoms with Crippen molar-refractivity contribution in [2.75, 3.05) is 5.32 Å². The van der Waals surface area contributed by atoms with Crippen molar-refractivity contribution in [1.29, 1.82) is 0 Å². The van der Waals surface area contributed by atoms with Gasteiger partial charge in [0.25, 0.3) is 0 Å². The van der Waals surface area contributed by atoms with E-state index in [1.807, 2.05) is 0 Å². The Balaban J connectivity index is 1.75. The smallest absolute Gasteiger partial charge is 0.230 e. The Bertz CT molecular complexity index is 814. The predicted octanol–water partition coefficient (Wildman–Crippen LogP) is 2.79. The van der Waals surface area contributed by atoms with Gasteiger partial charge >= 0.3 is 0 Å². The van der Waals surface area contributed by atoms with Gasteiger partial charge in [-0.15, -0.1) is 0 Å². The van der Waals surface area contributed by atoms with Crippen LogP contribution in [0.4, 0.5) is 14.5 Å². The fourth-order valence-electron chi connectivity index (χ4n) is 2.02. The predicted molar refractivity (Wildman–Crippen MR) is 73.9 cm³/mol. The Labute approximate surface area is 119 Å². The number of hydrogen-bond donors (Lipinski definition) is 1. The van der Waals surface area contributed by atoms with Crippen LogP contribution in [0.3, 0.4) is 0 Å². The number of benzene rings is 1. The number of nitrogens with zero attached hydrogens (tertiary/aromatic N) is 2. The molecular weight excluding hydrogens is 276 g/mol. The lowest BCUT2D eigenvalue weighted by Crippen LogP contribution is -2.15. The highest BCUT2D eigenvalue weighted by Crippen LogP contribution is 2.13. The topological polar surface area (TPSA) is 46.4 Å². The maximum atomic E-state index is 13.4. The van der Waals surface area contributed by atoms with Gasteiger partial charge in [-0.2, -0.15) is 0 Å². The molecule has 1 amide bonds. The number of rotatable bonds is 3. The van der Waals surface area contributed by atoms with Crippen molar-refractivity contribution in [1.82, 2.24) is 9.38 Å². The molecule has 0 aliphatic heterocycles. The first-order valence-corrected chi connectivity index (χ1v) is 6.29. The molecule has 2 heterocycles. The van der Waals surface area contributed by atoms with E-state index in [1.54, 1.807) is 18.3 Å². The Hall–Kier alpha value is -2.76. The van der Waals surface area contributed by atoms with Gasteiger partial charge in [0.15, 0.2) is 0 Å². The van der Waals surface area contributed by atoms with Crippen molar-refractivity contribution < 1.29 is 13.6 Å². The molecule has 3 aromatic rings. The standard InChI is InChI=1S/C15H11F2N3O/c16-10-5-6-14-18-11(9-20(14)8-10)7-15(21)19-13-4-2-1-3-12(13)17/h1-6,8-9H,7H2,(H,19,21). The van der Waals surface area contributed by atoms with Gasteiger partial charge in [-0.1, -0.05) is 12.1 Å². The van der Waals surface area contributed by atoms with Gasteiger partial charge in [0.1, 0.15) is 17.3 Å². The number of para-hydroxylation sites is 1. The maximum absolute atomic E-state index is 13.4. The van der Waals surface area contributed by atoms with Gasteiger partial charge < -0.3 is 9.72 Å². The largest absolute Gasteiger partial charge is 0.323 e. The van der Waals surface area contributed by atoms with Gasteiger partial charge in [0.2, 0.25) is 5.91 Å². The highest BCUT2D eigenvalue weighted by atomic mass is 19.1. The van der Waals surface area contributed by atoms with E-state index in [2.05, 4.69) is 10.3 Å². The van der Waals surface area contributed by atoms with Crippen LogP contribution >= 0.6 is 0 Å². The molecule has 0 atom stereocenters. The quantitative estimate of drug-likeness (QED) is 0.805. The van der Waals surface area contributed by atoms with E-state index in [4.69, 9.17) is 0 Å². The van der Waals surface area contributed by atoms with Crippen LogP contribution in [0.25, 0.3) is 5.65 Å². The van der Waals surface area contributed by atoms with E-state index < -0.39 is 5.82 Å². The van der Waals surface area contributed by atoms with E-state index in [9.17, 15) is 13.6 Å². The first-order valence-electron chi connectivity index (χ1n) is 6.29. The molecule has 0 fully saturated rings. The van der Waals surface area contributed by atoms with E-state index in [0.29, 0.717) is 11.3 Å². The fourth-order valence-corrected chi connectivity index (χ4v) is 2.02. The number of fused-ring (bicyclic) bond motifs is 1. The SMILES string of the molecule is O=C(Cc1cn2cc(F)ccc2n1)Nc1ccccc1F. The second kappa shape index (κ2) is 5.32. The third-order valence-electron chi connectivity index (χ3n) is 2.95. The zero-order chi connectivity index (χ0) is 14.8. The summed E-state index contributed by atoms with van der Waals surface area (Å²) in [4.78, 5) is 16.1. The molecule has 0 radical (unpaired) electrons. The molecule has 2 aromatic heterocycles. The summed E-state index contributed by atoms with van der Waals surface area (Å²) < 4.78 is 28.0. The van der Waals surface area contributed by atoms with Crippen LogP contribution in [0.2, 0.25) is 0 Å². The number of carbonyl (C=O) groups excluding carboxylic acids is 1. The zero-order valence-corrected chi connectivity index (χ0v) is 10.9. The summed E-state index contributed by atoms with van der Waals surface area (Å²) in [7, 11) is 0. The molecule has 1 aromatic carbocycles. The molecule has 4 nitrogen and oxygen atoms in total. The lowest BCUT2D eigenvalue weighted by Gasteiger charge is -2.04. The summed E-state index contributed by atoms with van der Waals surface area (Å²) in [5.41, 5.74) is 1.15. The van der Waals surface area contributed by atoms with Crippen LogP contribution in [-0.4, -0.2) is 15.3 Å². The number of carbonyl (C=O) groups is 1. The minimum atomic E-state index is -0.497.